The van der Waals surface area contributed by atoms with Crippen molar-refractivity contribution >= 4 is 50.8 Å². The Bertz CT molecular complexity index is 2350. The number of esters is 3. The molecule has 0 N–H and O–H groups in total. The average Bonchev–Trinajstić information content (AvgIpc) is 3.79. The number of aromatic nitrogens is 1. The van der Waals surface area contributed by atoms with E-state index in [9.17, 15) is 18.8 Å². The molecule has 0 amide bonds. The van der Waals surface area contributed by atoms with Gasteiger partial charge in [-0.2, -0.15) is 9.49 Å². The molecule has 5 rings (SSSR count). The quantitative estimate of drug-likeness (QED) is 0.0102. The maximum absolute atomic E-state index is 13.3. The van der Waals surface area contributed by atoms with E-state index in [2.05, 4.69) is 44.0 Å². The molecule has 0 spiro atoms. The van der Waals surface area contributed by atoms with E-state index < -0.39 is 17.8 Å². The average molecular weight is 934 g/mol. The van der Waals surface area contributed by atoms with Crippen molar-refractivity contribution in [2.45, 2.75) is 77.2 Å². The van der Waals surface area contributed by atoms with Gasteiger partial charge in [-0.3, -0.25) is 0 Å². The van der Waals surface area contributed by atoms with Crippen molar-refractivity contribution in [3.63, 3.8) is 0 Å². The van der Waals surface area contributed by atoms with Gasteiger partial charge in [0.05, 0.1) is 49.5 Å². The van der Waals surface area contributed by atoms with E-state index in [1.807, 2.05) is 66.7 Å². The van der Waals surface area contributed by atoms with Crippen LogP contribution in [0.25, 0.3) is 10.2 Å². The summed E-state index contributed by atoms with van der Waals surface area (Å²) in [6.07, 6.45) is 13.3. The van der Waals surface area contributed by atoms with Gasteiger partial charge < -0.3 is 28.4 Å². The highest BCUT2D eigenvalue weighted by molar-refractivity contribution is 7.22. The Hall–Kier alpha value is -6.80. The summed E-state index contributed by atoms with van der Waals surface area (Å²) >= 11 is 1.49. The Morgan fingerprint density at radius 1 is 0.642 bits per heavy atom. The highest BCUT2D eigenvalue weighted by atomic mass is 32.1. The Morgan fingerprint density at radius 3 is 1.79 bits per heavy atom. The number of hydrogen-bond acceptors (Lipinski definition) is 13. The molecule has 0 fully saturated rings. The van der Waals surface area contributed by atoms with Gasteiger partial charge >= 0.3 is 17.9 Å². The molecular formula is C53H60FN3O9S. The number of hydrazone groups is 1. The number of halogens is 1. The first kappa shape index (κ1) is 51.2. The molecule has 0 atom stereocenters. The lowest BCUT2D eigenvalue weighted by Crippen LogP contribution is -2.20. The monoisotopic (exact) mass is 933 g/mol. The van der Waals surface area contributed by atoms with Crippen molar-refractivity contribution in [1.29, 1.82) is 0 Å². The topological polar surface area (TPSA) is 135 Å². The lowest BCUT2D eigenvalue weighted by molar-refractivity contribution is -0.141. The molecule has 0 saturated heterocycles. The van der Waals surface area contributed by atoms with Crippen LogP contribution >= 0.6 is 11.3 Å². The number of unbranched alkanes of at least 4 members (excludes halogenated alkanes) is 6. The van der Waals surface area contributed by atoms with Gasteiger partial charge in [0.2, 0.25) is 11.0 Å². The number of para-hydroxylation sites is 1. The number of carbonyl (C=O) groups excluding carboxylic acids is 3. The summed E-state index contributed by atoms with van der Waals surface area (Å²) in [5, 5.41) is 7.31. The van der Waals surface area contributed by atoms with Crippen LogP contribution in [0.15, 0.2) is 134 Å². The fourth-order valence-electron chi connectivity index (χ4n) is 6.59. The lowest BCUT2D eigenvalue weighted by Gasteiger charge is -2.17. The molecule has 5 aromatic rings. The minimum atomic E-state index is -1.14. The molecule has 0 radical (unpaired) electrons. The molecule has 67 heavy (non-hydrogen) atoms. The Kier molecular flexibility index (Phi) is 22.1. The zero-order valence-corrected chi connectivity index (χ0v) is 38.9. The molecule has 0 bridgehead atoms. The zero-order chi connectivity index (χ0) is 47.5. The van der Waals surface area contributed by atoms with E-state index in [4.69, 9.17) is 38.5 Å². The summed E-state index contributed by atoms with van der Waals surface area (Å²) in [7, 11) is 0. The number of ether oxygens (including phenoxy) is 6. The van der Waals surface area contributed by atoms with E-state index in [1.165, 1.54) is 29.1 Å². The lowest BCUT2D eigenvalue weighted by atomic mass is 10.0. The maximum atomic E-state index is 13.3. The first-order valence-corrected chi connectivity index (χ1v) is 23.5. The number of benzene rings is 4. The standard InChI is InChI=1S/C53H60FN3O9S/c1-4-50(58)63-34-14-8-6-12-32-61-45-26-21-41(22-27-45)19-20-42-25-30-48(66-39-43-23-28-46(29-24-43)62-33-13-7-9-15-35-64-51(59)5-2)44(37-42)38-55-57(31-16-36-65-52(60)40(3)54)53-56-47-17-10-11-18-49(47)67-53/h4-5,10-11,17-18,21-30,37-38H,1-3,6-9,12-16,19-20,31-36,39H2/b55-38+. The van der Waals surface area contributed by atoms with E-state index in [0.29, 0.717) is 56.9 Å². The van der Waals surface area contributed by atoms with Crippen LogP contribution in [-0.4, -0.2) is 68.7 Å². The third kappa shape index (κ3) is 18.9. The molecule has 0 unspecified atom stereocenters. The van der Waals surface area contributed by atoms with Gasteiger partial charge in [0, 0.05) is 30.7 Å². The van der Waals surface area contributed by atoms with Crippen molar-refractivity contribution < 1.29 is 47.2 Å². The van der Waals surface area contributed by atoms with Crippen LogP contribution in [0.4, 0.5) is 9.52 Å². The number of anilines is 1. The summed E-state index contributed by atoms with van der Waals surface area (Å²) in [5.74, 6) is -0.772. The summed E-state index contributed by atoms with van der Waals surface area (Å²) in [6.45, 7) is 12.5. The Labute approximate surface area is 396 Å². The van der Waals surface area contributed by atoms with E-state index in [1.54, 1.807) is 11.2 Å². The van der Waals surface area contributed by atoms with Gasteiger partial charge in [-0.05, 0) is 129 Å². The number of hydrogen-bond donors (Lipinski definition) is 0. The number of thiazole rings is 1. The first-order valence-electron chi connectivity index (χ1n) is 22.7. The SMILES string of the molecule is C=CC(=O)OCCCCCCOc1ccc(CCc2ccc(OCc3ccc(OCCCCCCOC(=O)C=C)cc3)c(/C=N/N(CCCOC(=O)C(=C)F)c3nc4ccccc4s3)c2)cc1. The number of carbonyl (C=O) groups is 3. The minimum Gasteiger partial charge on any atom is -0.494 e. The highest BCUT2D eigenvalue weighted by Gasteiger charge is 2.14. The van der Waals surface area contributed by atoms with Crippen LogP contribution in [-0.2, 0) is 48.0 Å². The number of nitrogens with zero attached hydrogens (tertiary/aromatic N) is 3. The number of aryl methyl sites for hydroxylation is 2. The molecule has 1 heterocycles. The van der Waals surface area contributed by atoms with Gasteiger partial charge in [-0.15, -0.1) is 0 Å². The second kappa shape index (κ2) is 29.0. The molecule has 354 valence electrons. The second-order valence-corrected chi connectivity index (χ2v) is 16.5. The molecule has 14 heteroatoms. The minimum absolute atomic E-state index is 0.0198. The third-order valence-corrected chi connectivity index (χ3v) is 11.3. The molecule has 1 aromatic heterocycles. The normalized spacial score (nSPS) is 10.9. The van der Waals surface area contributed by atoms with Crippen LogP contribution in [0.3, 0.4) is 0 Å². The third-order valence-electron chi connectivity index (χ3n) is 10.3. The van der Waals surface area contributed by atoms with Crippen molar-refractivity contribution in [2.24, 2.45) is 5.10 Å². The fraction of sp³-hybridized carbons (Fsp3) is 0.340. The summed E-state index contributed by atoms with van der Waals surface area (Å²) in [4.78, 5) is 38.9. The Balaban J connectivity index is 1.21. The zero-order valence-electron chi connectivity index (χ0n) is 38.0. The maximum Gasteiger partial charge on any atom is 0.366 e. The van der Waals surface area contributed by atoms with Gasteiger partial charge in [-0.1, -0.05) is 73.5 Å². The molecule has 0 aliphatic rings. The number of fused-ring (bicyclic) bond motifs is 1. The Morgan fingerprint density at radius 2 is 1.19 bits per heavy atom. The molecule has 4 aromatic carbocycles. The van der Waals surface area contributed by atoms with E-state index in [-0.39, 0.29) is 12.6 Å². The summed E-state index contributed by atoms with van der Waals surface area (Å²) in [5.41, 5.74) is 4.83. The van der Waals surface area contributed by atoms with Crippen molar-refractivity contribution in [3.8, 4) is 17.2 Å². The first-order chi connectivity index (χ1) is 32.7. The molecular weight excluding hydrogens is 874 g/mol. The van der Waals surface area contributed by atoms with E-state index >= 15 is 0 Å². The molecule has 0 aliphatic heterocycles. The van der Waals surface area contributed by atoms with Crippen molar-refractivity contribution in [3.05, 3.63) is 151 Å². The van der Waals surface area contributed by atoms with Crippen LogP contribution in [0, 0.1) is 0 Å². The smallest absolute Gasteiger partial charge is 0.366 e. The van der Waals surface area contributed by atoms with Crippen LogP contribution in [0.5, 0.6) is 17.2 Å². The summed E-state index contributed by atoms with van der Waals surface area (Å²) < 4.78 is 47.7. The van der Waals surface area contributed by atoms with Crippen LogP contribution in [0.1, 0.15) is 80.0 Å². The highest BCUT2D eigenvalue weighted by Crippen LogP contribution is 2.30. The fourth-order valence-corrected chi connectivity index (χ4v) is 7.54. The van der Waals surface area contributed by atoms with Gasteiger partial charge in [0.1, 0.15) is 23.9 Å². The van der Waals surface area contributed by atoms with Crippen LogP contribution in [0.2, 0.25) is 0 Å². The number of rotatable bonds is 32. The van der Waals surface area contributed by atoms with Gasteiger partial charge in [0.25, 0.3) is 0 Å². The second-order valence-electron chi connectivity index (χ2n) is 15.4. The van der Waals surface area contributed by atoms with Gasteiger partial charge in [-0.25, -0.2) is 24.4 Å². The molecule has 0 aliphatic carbocycles. The van der Waals surface area contributed by atoms with Crippen molar-refractivity contribution in [2.75, 3.05) is 44.6 Å². The summed E-state index contributed by atoms with van der Waals surface area (Å²) in [6, 6.07) is 29.9. The predicted octanol–water partition coefficient (Wildman–Crippen LogP) is 11.3. The largest absolute Gasteiger partial charge is 0.494 e. The van der Waals surface area contributed by atoms with Crippen molar-refractivity contribution in [1.82, 2.24) is 4.98 Å². The van der Waals surface area contributed by atoms with Crippen LogP contribution < -0.4 is 19.2 Å². The van der Waals surface area contributed by atoms with E-state index in [0.717, 1.165) is 103 Å². The van der Waals surface area contributed by atoms with Gasteiger partial charge in [0.15, 0.2) is 0 Å². The molecule has 0 saturated carbocycles. The molecule has 12 nitrogen and oxygen atoms in total. The predicted molar refractivity (Wildman–Crippen MR) is 262 cm³/mol.